The maximum Gasteiger partial charge on any atom is 0.164 e. The summed E-state index contributed by atoms with van der Waals surface area (Å²) in [6.07, 6.45) is 10.7. The lowest BCUT2D eigenvalue weighted by Gasteiger charge is -2.08. The second-order valence-corrected chi connectivity index (χ2v) is 5.28. The van der Waals surface area contributed by atoms with Crippen molar-refractivity contribution in [1.82, 2.24) is 15.0 Å². The molecular formula is C22H17N3. The molecule has 3 heteroatoms. The third-order valence-corrected chi connectivity index (χ3v) is 3.63. The van der Waals surface area contributed by atoms with Gasteiger partial charge in [-0.25, -0.2) is 15.0 Å². The fourth-order valence-corrected chi connectivity index (χ4v) is 2.38. The van der Waals surface area contributed by atoms with Crippen molar-refractivity contribution in [2.24, 2.45) is 0 Å². The molecule has 0 aliphatic heterocycles. The van der Waals surface area contributed by atoms with E-state index in [0.29, 0.717) is 17.5 Å². The van der Waals surface area contributed by atoms with E-state index in [1.54, 1.807) is 6.08 Å². The third-order valence-electron chi connectivity index (χ3n) is 3.63. The molecule has 3 nitrogen and oxygen atoms in total. The first kappa shape index (κ1) is 16.4. The third kappa shape index (κ3) is 3.88. The van der Waals surface area contributed by atoms with Gasteiger partial charge in [0.15, 0.2) is 17.5 Å². The molecule has 0 aliphatic rings. The Morgan fingerprint density at radius 2 is 1.36 bits per heavy atom. The molecule has 0 bridgehead atoms. The van der Waals surface area contributed by atoms with Crippen LogP contribution in [0.25, 0.3) is 28.3 Å². The van der Waals surface area contributed by atoms with Crippen LogP contribution in [0.3, 0.4) is 0 Å². The fourth-order valence-electron chi connectivity index (χ4n) is 2.38. The van der Waals surface area contributed by atoms with Crippen LogP contribution < -0.4 is 0 Å². The summed E-state index contributed by atoms with van der Waals surface area (Å²) in [6.45, 7) is 1.93. The molecule has 1 aromatic heterocycles. The zero-order valence-electron chi connectivity index (χ0n) is 13.9. The summed E-state index contributed by atoms with van der Waals surface area (Å²) < 4.78 is 0. The summed E-state index contributed by atoms with van der Waals surface area (Å²) in [5.41, 5.74) is 2.74. The predicted octanol–water partition coefficient (Wildman–Crippen LogP) is 4.80. The summed E-state index contributed by atoms with van der Waals surface area (Å²) in [4.78, 5) is 13.9. The molecule has 0 unspecified atom stereocenters. The lowest BCUT2D eigenvalue weighted by Crippen LogP contribution is -2.02. The number of hydrogen-bond acceptors (Lipinski definition) is 3. The van der Waals surface area contributed by atoms with E-state index >= 15 is 0 Å². The van der Waals surface area contributed by atoms with E-state index in [9.17, 15) is 0 Å². The van der Waals surface area contributed by atoms with Crippen LogP contribution in [0, 0.1) is 12.3 Å². The minimum atomic E-state index is 0.599. The molecule has 0 N–H and O–H groups in total. The Balaban J connectivity index is 2.19. The first-order valence-electron chi connectivity index (χ1n) is 7.98. The van der Waals surface area contributed by atoms with E-state index in [0.717, 1.165) is 16.7 Å². The van der Waals surface area contributed by atoms with Crippen LogP contribution in [0.15, 0.2) is 78.9 Å². The van der Waals surface area contributed by atoms with Gasteiger partial charge in [-0.05, 0) is 19.1 Å². The second kappa shape index (κ2) is 7.85. The second-order valence-electron chi connectivity index (χ2n) is 5.28. The lowest BCUT2D eigenvalue weighted by atomic mass is 10.1. The lowest BCUT2D eigenvalue weighted by molar-refractivity contribution is 1.04. The minimum Gasteiger partial charge on any atom is -0.208 e. The monoisotopic (exact) mass is 323 g/mol. The summed E-state index contributed by atoms with van der Waals surface area (Å²) in [6, 6.07) is 19.8. The van der Waals surface area contributed by atoms with Crippen LogP contribution in [0.4, 0.5) is 0 Å². The summed E-state index contributed by atoms with van der Waals surface area (Å²) in [5.74, 6) is 4.37. The van der Waals surface area contributed by atoms with Crippen molar-refractivity contribution >= 4 is 5.57 Å². The van der Waals surface area contributed by atoms with Gasteiger partial charge in [0.25, 0.3) is 0 Å². The highest BCUT2D eigenvalue weighted by Crippen LogP contribution is 2.22. The molecule has 0 fully saturated rings. The Bertz CT molecular complexity index is 892. The molecule has 0 spiro atoms. The fraction of sp³-hybridized carbons (Fsp3) is 0.0455. The predicted molar refractivity (Wildman–Crippen MR) is 102 cm³/mol. The Morgan fingerprint density at radius 1 is 0.840 bits per heavy atom. The minimum absolute atomic E-state index is 0.599. The molecular weight excluding hydrogens is 306 g/mol. The molecule has 0 radical (unpaired) electrons. The first-order chi connectivity index (χ1) is 12.3. The average molecular weight is 323 g/mol. The molecule has 1 heterocycles. The van der Waals surface area contributed by atoms with Crippen molar-refractivity contribution < 1.29 is 0 Å². The van der Waals surface area contributed by atoms with Crippen LogP contribution in [-0.4, -0.2) is 15.0 Å². The van der Waals surface area contributed by atoms with Gasteiger partial charge >= 0.3 is 0 Å². The van der Waals surface area contributed by atoms with Crippen LogP contribution in [0.5, 0.6) is 0 Å². The standard InChI is InChI=1S/C22H17N3/c1-3-5-12-17(4-2)20-23-21(18-13-8-6-9-14-18)25-22(24-20)19-15-10-7-11-16-19/h1,4-16H,2H3/b12-5-,17-4+. The average Bonchev–Trinajstić information content (AvgIpc) is 2.70. The number of benzene rings is 2. The topological polar surface area (TPSA) is 38.7 Å². The zero-order chi connectivity index (χ0) is 17.5. The van der Waals surface area contributed by atoms with Crippen molar-refractivity contribution in [1.29, 1.82) is 0 Å². The van der Waals surface area contributed by atoms with Crippen molar-refractivity contribution in [2.75, 3.05) is 0 Å². The summed E-state index contributed by atoms with van der Waals surface area (Å²) in [7, 11) is 0. The van der Waals surface area contributed by atoms with Gasteiger partial charge in [-0.1, -0.05) is 72.7 Å². The maximum absolute atomic E-state index is 5.33. The highest BCUT2D eigenvalue weighted by Gasteiger charge is 2.11. The van der Waals surface area contributed by atoms with Crippen molar-refractivity contribution in [2.45, 2.75) is 6.92 Å². The Labute approximate surface area is 147 Å². The number of aromatic nitrogens is 3. The molecule has 3 rings (SSSR count). The van der Waals surface area contributed by atoms with E-state index in [1.807, 2.05) is 79.7 Å². The van der Waals surface area contributed by atoms with Gasteiger partial charge in [-0.2, -0.15) is 0 Å². The van der Waals surface area contributed by atoms with E-state index < -0.39 is 0 Å². The van der Waals surface area contributed by atoms with Gasteiger partial charge in [-0.3, -0.25) is 0 Å². The van der Waals surface area contributed by atoms with E-state index in [1.165, 1.54) is 0 Å². The molecule has 2 aromatic carbocycles. The maximum atomic E-state index is 5.33. The van der Waals surface area contributed by atoms with Gasteiger partial charge in [0.2, 0.25) is 0 Å². The number of nitrogens with zero attached hydrogens (tertiary/aromatic N) is 3. The number of terminal acetylenes is 1. The Morgan fingerprint density at radius 3 is 1.80 bits per heavy atom. The van der Waals surface area contributed by atoms with Crippen molar-refractivity contribution in [3.05, 3.63) is 84.7 Å². The first-order valence-corrected chi connectivity index (χ1v) is 7.98. The van der Waals surface area contributed by atoms with Gasteiger partial charge < -0.3 is 0 Å². The van der Waals surface area contributed by atoms with Crippen LogP contribution >= 0.6 is 0 Å². The largest absolute Gasteiger partial charge is 0.208 e. The van der Waals surface area contributed by atoms with Gasteiger partial charge in [0.1, 0.15) is 0 Å². The van der Waals surface area contributed by atoms with Crippen LogP contribution in [0.1, 0.15) is 12.7 Å². The molecule has 0 saturated heterocycles. The highest BCUT2D eigenvalue weighted by atomic mass is 15.0. The molecule has 0 amide bonds. The summed E-state index contributed by atoms with van der Waals surface area (Å²) >= 11 is 0. The Hall–Kier alpha value is -3.51. The molecule has 0 saturated carbocycles. The molecule has 25 heavy (non-hydrogen) atoms. The number of allylic oxidation sites excluding steroid dienone is 4. The normalized spacial score (nSPS) is 11.4. The quantitative estimate of drug-likeness (QED) is 0.511. The van der Waals surface area contributed by atoms with Gasteiger partial charge in [-0.15, -0.1) is 6.42 Å². The number of hydrogen-bond donors (Lipinski definition) is 0. The highest BCUT2D eigenvalue weighted by molar-refractivity contribution is 5.72. The van der Waals surface area contributed by atoms with Crippen molar-refractivity contribution in [3.8, 4) is 35.1 Å². The van der Waals surface area contributed by atoms with Gasteiger partial charge in [0.05, 0.1) is 0 Å². The van der Waals surface area contributed by atoms with E-state index in [-0.39, 0.29) is 0 Å². The zero-order valence-corrected chi connectivity index (χ0v) is 13.9. The van der Waals surface area contributed by atoms with Crippen LogP contribution in [0.2, 0.25) is 0 Å². The summed E-state index contributed by atoms with van der Waals surface area (Å²) in [5, 5.41) is 0. The number of rotatable bonds is 4. The van der Waals surface area contributed by atoms with Gasteiger partial charge in [0, 0.05) is 16.7 Å². The van der Waals surface area contributed by atoms with Crippen LogP contribution in [-0.2, 0) is 0 Å². The van der Waals surface area contributed by atoms with E-state index in [4.69, 9.17) is 6.42 Å². The van der Waals surface area contributed by atoms with Crippen molar-refractivity contribution in [3.63, 3.8) is 0 Å². The molecule has 0 aliphatic carbocycles. The SMILES string of the molecule is C#C/C=C\C(=C/C)c1nc(-c2ccccc2)nc(-c2ccccc2)n1. The van der Waals surface area contributed by atoms with E-state index in [2.05, 4.69) is 20.9 Å². The molecule has 120 valence electrons. The molecule has 3 aromatic rings. The smallest absolute Gasteiger partial charge is 0.164 e. The molecule has 0 atom stereocenters. The Kier molecular flexibility index (Phi) is 5.13.